The Morgan fingerprint density at radius 2 is 1.84 bits per heavy atom. The summed E-state index contributed by atoms with van der Waals surface area (Å²) in [5.74, 6) is 0.973. The molecule has 1 aliphatic carbocycles. The summed E-state index contributed by atoms with van der Waals surface area (Å²) in [7, 11) is 0. The van der Waals surface area contributed by atoms with Crippen molar-refractivity contribution in [2.45, 2.75) is 64.7 Å². The Labute approximate surface area is 121 Å². The fourth-order valence-electron chi connectivity index (χ4n) is 2.66. The Bertz CT molecular complexity index is 407. The van der Waals surface area contributed by atoms with Gasteiger partial charge in [0.1, 0.15) is 5.82 Å². The molecule has 0 unspecified atom stereocenters. The van der Waals surface area contributed by atoms with Crippen LogP contribution in [-0.4, -0.2) is 16.5 Å². The molecule has 0 aliphatic heterocycles. The number of fused-ring (bicyclic) bond motifs is 1. The number of nitrogens with one attached hydrogen (secondary N) is 1. The second kappa shape index (κ2) is 7.68. The highest BCUT2D eigenvalue weighted by molar-refractivity contribution is 6.28. The molecule has 2 rings (SSSR count). The third-order valence-electron chi connectivity index (χ3n) is 3.73. The number of anilines is 1. The molecule has 4 heteroatoms. The third kappa shape index (κ3) is 4.34. The lowest BCUT2D eigenvalue weighted by Gasteiger charge is -2.10. The topological polar surface area (TPSA) is 37.8 Å². The van der Waals surface area contributed by atoms with Crippen LogP contribution < -0.4 is 5.32 Å². The summed E-state index contributed by atoms with van der Waals surface area (Å²) in [5, 5.41) is 3.82. The first kappa shape index (κ1) is 14.6. The number of nitrogens with zero attached hydrogens (tertiary/aromatic N) is 2. The zero-order valence-corrected chi connectivity index (χ0v) is 12.6. The SMILES string of the molecule is CCCCCCCCNc1nc(Cl)nc2c1CCC2. The van der Waals surface area contributed by atoms with Gasteiger partial charge in [-0.05, 0) is 37.3 Å². The highest BCUT2D eigenvalue weighted by Gasteiger charge is 2.18. The van der Waals surface area contributed by atoms with Gasteiger partial charge < -0.3 is 5.32 Å². The van der Waals surface area contributed by atoms with Gasteiger partial charge in [-0.2, -0.15) is 0 Å². The number of aryl methyl sites for hydroxylation is 1. The van der Waals surface area contributed by atoms with Crippen LogP contribution in [0.15, 0.2) is 0 Å². The number of hydrogen-bond acceptors (Lipinski definition) is 3. The average molecular weight is 282 g/mol. The van der Waals surface area contributed by atoms with E-state index in [1.54, 1.807) is 0 Å². The summed E-state index contributed by atoms with van der Waals surface area (Å²) in [6, 6.07) is 0. The van der Waals surface area contributed by atoms with Gasteiger partial charge in [0.05, 0.1) is 5.69 Å². The summed E-state index contributed by atoms with van der Waals surface area (Å²) in [4.78, 5) is 8.64. The van der Waals surface area contributed by atoms with Crippen molar-refractivity contribution in [3.8, 4) is 0 Å². The minimum atomic E-state index is 0.381. The van der Waals surface area contributed by atoms with Gasteiger partial charge >= 0.3 is 0 Å². The Morgan fingerprint density at radius 1 is 1.05 bits per heavy atom. The molecule has 0 saturated heterocycles. The molecule has 0 radical (unpaired) electrons. The molecule has 0 amide bonds. The first-order valence-electron chi connectivity index (χ1n) is 7.60. The zero-order chi connectivity index (χ0) is 13.5. The van der Waals surface area contributed by atoms with E-state index < -0.39 is 0 Å². The minimum Gasteiger partial charge on any atom is -0.370 e. The van der Waals surface area contributed by atoms with E-state index in [4.69, 9.17) is 11.6 Å². The largest absolute Gasteiger partial charge is 0.370 e. The van der Waals surface area contributed by atoms with Crippen LogP contribution in [0, 0.1) is 0 Å². The maximum Gasteiger partial charge on any atom is 0.224 e. The van der Waals surface area contributed by atoms with E-state index in [-0.39, 0.29) is 0 Å². The maximum atomic E-state index is 5.96. The monoisotopic (exact) mass is 281 g/mol. The number of hydrogen-bond donors (Lipinski definition) is 1. The van der Waals surface area contributed by atoms with Crippen LogP contribution in [0.4, 0.5) is 5.82 Å². The molecule has 0 fully saturated rings. The molecule has 1 N–H and O–H groups in total. The van der Waals surface area contributed by atoms with Crippen LogP contribution >= 0.6 is 11.6 Å². The van der Waals surface area contributed by atoms with Crippen molar-refractivity contribution in [2.75, 3.05) is 11.9 Å². The van der Waals surface area contributed by atoms with Crippen molar-refractivity contribution in [1.82, 2.24) is 9.97 Å². The number of unbranched alkanes of at least 4 members (excludes halogenated alkanes) is 5. The Kier molecular flexibility index (Phi) is 5.90. The van der Waals surface area contributed by atoms with Crippen molar-refractivity contribution in [2.24, 2.45) is 0 Å². The second-order valence-electron chi connectivity index (χ2n) is 5.31. The highest BCUT2D eigenvalue weighted by Crippen LogP contribution is 2.27. The van der Waals surface area contributed by atoms with Crippen molar-refractivity contribution in [1.29, 1.82) is 0 Å². The Hall–Kier alpha value is -0.830. The molecule has 106 valence electrons. The van der Waals surface area contributed by atoms with Gasteiger partial charge in [-0.1, -0.05) is 39.0 Å². The average Bonchev–Trinajstić information content (AvgIpc) is 2.85. The van der Waals surface area contributed by atoms with Crippen molar-refractivity contribution in [3.05, 3.63) is 16.5 Å². The number of aromatic nitrogens is 2. The van der Waals surface area contributed by atoms with Crippen LogP contribution in [0.3, 0.4) is 0 Å². The fourth-order valence-corrected chi connectivity index (χ4v) is 2.85. The molecule has 0 saturated carbocycles. The first-order chi connectivity index (χ1) is 9.31. The molecular weight excluding hydrogens is 258 g/mol. The Morgan fingerprint density at radius 3 is 2.68 bits per heavy atom. The van der Waals surface area contributed by atoms with Crippen LogP contribution in [0.1, 0.15) is 63.1 Å². The van der Waals surface area contributed by atoms with E-state index in [1.807, 2.05) is 0 Å². The molecule has 0 aromatic carbocycles. The molecule has 1 aromatic heterocycles. The van der Waals surface area contributed by atoms with Crippen molar-refractivity contribution in [3.63, 3.8) is 0 Å². The summed E-state index contributed by atoms with van der Waals surface area (Å²) < 4.78 is 0. The molecular formula is C15H24ClN3. The van der Waals surface area contributed by atoms with E-state index in [9.17, 15) is 0 Å². The lowest BCUT2D eigenvalue weighted by molar-refractivity contribution is 0.616. The molecule has 19 heavy (non-hydrogen) atoms. The highest BCUT2D eigenvalue weighted by atomic mass is 35.5. The summed E-state index contributed by atoms with van der Waals surface area (Å²) in [6.45, 7) is 3.24. The maximum absolute atomic E-state index is 5.96. The standard InChI is InChI=1S/C15H24ClN3/c1-2-3-4-5-6-7-11-17-14-12-9-8-10-13(12)18-15(16)19-14/h2-11H2,1H3,(H,17,18,19). The predicted molar refractivity (Wildman–Crippen MR) is 80.9 cm³/mol. The summed E-state index contributed by atoms with van der Waals surface area (Å²) in [5.41, 5.74) is 2.43. The number of halogens is 1. The van der Waals surface area contributed by atoms with Crippen LogP contribution in [-0.2, 0) is 12.8 Å². The molecule has 1 heterocycles. The molecule has 0 spiro atoms. The van der Waals surface area contributed by atoms with Gasteiger partial charge in [0.2, 0.25) is 5.28 Å². The van der Waals surface area contributed by atoms with Gasteiger partial charge in [-0.15, -0.1) is 0 Å². The lowest BCUT2D eigenvalue weighted by Crippen LogP contribution is -2.07. The second-order valence-corrected chi connectivity index (χ2v) is 5.65. The van der Waals surface area contributed by atoms with E-state index in [2.05, 4.69) is 22.2 Å². The first-order valence-corrected chi connectivity index (χ1v) is 7.98. The fraction of sp³-hybridized carbons (Fsp3) is 0.733. The lowest BCUT2D eigenvalue weighted by atomic mass is 10.1. The summed E-state index contributed by atoms with van der Waals surface area (Å²) >= 11 is 5.96. The van der Waals surface area contributed by atoms with Crippen molar-refractivity contribution < 1.29 is 0 Å². The predicted octanol–water partition coefficient (Wildman–Crippen LogP) is 4.39. The van der Waals surface area contributed by atoms with Gasteiger partial charge in [0, 0.05) is 12.1 Å². The number of rotatable bonds is 8. The van der Waals surface area contributed by atoms with E-state index in [1.165, 1.54) is 50.5 Å². The minimum absolute atomic E-state index is 0.381. The zero-order valence-electron chi connectivity index (χ0n) is 11.8. The third-order valence-corrected chi connectivity index (χ3v) is 3.90. The smallest absolute Gasteiger partial charge is 0.224 e. The Balaban J connectivity index is 1.74. The molecule has 0 atom stereocenters. The van der Waals surface area contributed by atoms with Crippen molar-refractivity contribution >= 4 is 17.4 Å². The van der Waals surface area contributed by atoms with Crippen LogP contribution in [0.2, 0.25) is 5.28 Å². The quantitative estimate of drug-likeness (QED) is 0.567. The van der Waals surface area contributed by atoms with E-state index >= 15 is 0 Å². The van der Waals surface area contributed by atoms with Gasteiger partial charge in [-0.3, -0.25) is 0 Å². The van der Waals surface area contributed by atoms with Crippen LogP contribution in [0.5, 0.6) is 0 Å². The van der Waals surface area contributed by atoms with E-state index in [0.29, 0.717) is 5.28 Å². The van der Waals surface area contributed by atoms with Gasteiger partial charge in [0.25, 0.3) is 0 Å². The molecule has 1 aromatic rings. The molecule has 0 bridgehead atoms. The summed E-state index contributed by atoms with van der Waals surface area (Å²) in [6.07, 6.45) is 11.2. The van der Waals surface area contributed by atoms with Gasteiger partial charge in [0.15, 0.2) is 0 Å². The van der Waals surface area contributed by atoms with Crippen LogP contribution in [0.25, 0.3) is 0 Å². The molecule has 3 nitrogen and oxygen atoms in total. The van der Waals surface area contributed by atoms with Gasteiger partial charge in [-0.25, -0.2) is 9.97 Å². The van der Waals surface area contributed by atoms with E-state index in [0.717, 1.165) is 30.9 Å². The molecule has 1 aliphatic rings. The normalized spacial score (nSPS) is 13.6.